The molecule has 0 aliphatic heterocycles. The van der Waals surface area contributed by atoms with Crippen molar-refractivity contribution in [2.75, 3.05) is 5.32 Å². The molecule has 0 saturated carbocycles. The predicted molar refractivity (Wildman–Crippen MR) is 121 cm³/mol. The molecule has 0 aliphatic carbocycles. The van der Waals surface area contributed by atoms with E-state index in [-0.39, 0.29) is 18.4 Å². The average Bonchev–Trinajstić information content (AvgIpc) is 2.76. The predicted octanol–water partition coefficient (Wildman–Crippen LogP) is 5.87. The number of anilines is 1. The van der Waals surface area contributed by atoms with Crippen LogP contribution in [0.2, 0.25) is 5.02 Å². The quantitative estimate of drug-likeness (QED) is 0.394. The van der Waals surface area contributed by atoms with Crippen molar-refractivity contribution < 1.29 is 14.3 Å². The summed E-state index contributed by atoms with van der Waals surface area (Å²) in [6.45, 7) is 1.83. The number of hydrogen-bond donors (Lipinski definition) is 1. The van der Waals surface area contributed by atoms with Crippen molar-refractivity contribution >= 4 is 34.2 Å². The zero-order valence-corrected chi connectivity index (χ0v) is 17.5. The molecule has 31 heavy (non-hydrogen) atoms. The molecule has 0 bridgehead atoms. The van der Waals surface area contributed by atoms with Crippen molar-refractivity contribution in [1.82, 2.24) is 9.97 Å². The lowest BCUT2D eigenvalue weighted by atomic mass is 10.2. The van der Waals surface area contributed by atoms with Gasteiger partial charge in [-0.05, 0) is 49.4 Å². The molecule has 0 aliphatic rings. The van der Waals surface area contributed by atoms with Gasteiger partial charge < -0.3 is 14.8 Å². The lowest BCUT2D eigenvalue weighted by molar-refractivity contribution is -0.117. The second-order valence-corrected chi connectivity index (χ2v) is 7.37. The molecule has 4 aromatic rings. The maximum absolute atomic E-state index is 12.3. The van der Waals surface area contributed by atoms with Gasteiger partial charge in [0.15, 0.2) is 11.5 Å². The first-order chi connectivity index (χ1) is 15.1. The number of benzene rings is 3. The highest BCUT2D eigenvalue weighted by molar-refractivity contribution is 6.31. The van der Waals surface area contributed by atoms with Crippen LogP contribution in [0.5, 0.6) is 17.4 Å². The Morgan fingerprint density at radius 3 is 2.55 bits per heavy atom. The first-order valence-corrected chi connectivity index (χ1v) is 10.2. The molecule has 6 nitrogen and oxygen atoms in total. The number of carbonyl (C=O) groups is 1. The van der Waals surface area contributed by atoms with E-state index in [0.29, 0.717) is 33.4 Å². The van der Waals surface area contributed by atoms with E-state index in [1.165, 1.54) is 6.20 Å². The van der Waals surface area contributed by atoms with Gasteiger partial charge in [0, 0.05) is 10.7 Å². The highest BCUT2D eigenvalue weighted by Gasteiger charge is 2.14. The van der Waals surface area contributed by atoms with Crippen LogP contribution in [-0.4, -0.2) is 22.0 Å². The number of nitrogens with zero attached hydrogens (tertiary/aromatic N) is 2. The number of para-hydroxylation sites is 3. The fourth-order valence-electron chi connectivity index (χ4n) is 3.01. The van der Waals surface area contributed by atoms with Gasteiger partial charge in [0.25, 0.3) is 0 Å². The molecule has 1 heterocycles. The zero-order valence-electron chi connectivity index (χ0n) is 16.8. The molecule has 7 heteroatoms. The van der Waals surface area contributed by atoms with Crippen LogP contribution in [0.25, 0.3) is 11.0 Å². The summed E-state index contributed by atoms with van der Waals surface area (Å²) in [5, 5.41) is 3.45. The summed E-state index contributed by atoms with van der Waals surface area (Å²) in [5.41, 5.74) is 2.10. The SMILES string of the molecule is CC(CC(=O)Nc1ccccc1)Oc1ccccc1Oc1cnc2cc(Cl)ccc2n1. The highest BCUT2D eigenvalue weighted by atomic mass is 35.5. The molecule has 0 radical (unpaired) electrons. The van der Waals surface area contributed by atoms with Crippen LogP contribution in [-0.2, 0) is 4.79 Å². The Balaban J connectivity index is 1.43. The average molecular weight is 434 g/mol. The Morgan fingerprint density at radius 2 is 1.74 bits per heavy atom. The van der Waals surface area contributed by atoms with Crippen molar-refractivity contribution in [1.29, 1.82) is 0 Å². The molecule has 4 rings (SSSR count). The lowest BCUT2D eigenvalue weighted by Crippen LogP contribution is -2.22. The van der Waals surface area contributed by atoms with E-state index in [2.05, 4.69) is 15.3 Å². The number of hydrogen-bond acceptors (Lipinski definition) is 5. The van der Waals surface area contributed by atoms with Crippen LogP contribution in [0.1, 0.15) is 13.3 Å². The van der Waals surface area contributed by atoms with E-state index in [1.54, 1.807) is 30.3 Å². The van der Waals surface area contributed by atoms with Crippen LogP contribution in [0, 0.1) is 0 Å². The maximum atomic E-state index is 12.3. The van der Waals surface area contributed by atoms with Crippen LogP contribution < -0.4 is 14.8 Å². The Kier molecular flexibility index (Phi) is 6.29. The number of halogens is 1. The number of amides is 1. The van der Waals surface area contributed by atoms with E-state index < -0.39 is 0 Å². The van der Waals surface area contributed by atoms with Crippen molar-refractivity contribution in [3.05, 3.63) is 84.0 Å². The summed E-state index contributed by atoms with van der Waals surface area (Å²) in [7, 11) is 0. The molecular formula is C24H20ClN3O3. The van der Waals surface area contributed by atoms with E-state index in [4.69, 9.17) is 21.1 Å². The van der Waals surface area contributed by atoms with Gasteiger partial charge in [0.05, 0.1) is 23.7 Å². The van der Waals surface area contributed by atoms with Gasteiger partial charge >= 0.3 is 0 Å². The van der Waals surface area contributed by atoms with Crippen molar-refractivity contribution in [3.8, 4) is 17.4 Å². The van der Waals surface area contributed by atoms with Gasteiger partial charge in [-0.1, -0.05) is 41.9 Å². The first kappa shape index (κ1) is 20.6. The lowest BCUT2D eigenvalue weighted by Gasteiger charge is -2.17. The van der Waals surface area contributed by atoms with E-state index in [9.17, 15) is 4.79 Å². The largest absolute Gasteiger partial charge is 0.486 e. The van der Waals surface area contributed by atoms with Gasteiger partial charge in [0.1, 0.15) is 6.10 Å². The van der Waals surface area contributed by atoms with Gasteiger partial charge in [0.2, 0.25) is 11.8 Å². The Morgan fingerprint density at radius 1 is 1.00 bits per heavy atom. The molecular weight excluding hydrogens is 414 g/mol. The van der Waals surface area contributed by atoms with Crippen LogP contribution >= 0.6 is 11.6 Å². The van der Waals surface area contributed by atoms with E-state index in [0.717, 1.165) is 5.69 Å². The number of ether oxygens (including phenoxy) is 2. The fourth-order valence-corrected chi connectivity index (χ4v) is 3.18. The molecule has 1 amide bonds. The van der Waals surface area contributed by atoms with Crippen LogP contribution in [0.3, 0.4) is 0 Å². The summed E-state index contributed by atoms with van der Waals surface area (Å²) in [6, 6.07) is 21.8. The standard InChI is InChI=1S/C24H20ClN3O3/c1-16(13-23(29)27-18-7-3-2-4-8-18)30-21-9-5-6-10-22(21)31-24-15-26-20-14-17(25)11-12-19(20)28-24/h2-12,14-16H,13H2,1H3,(H,27,29). The smallest absolute Gasteiger partial charge is 0.238 e. The second-order valence-electron chi connectivity index (χ2n) is 6.94. The maximum Gasteiger partial charge on any atom is 0.238 e. The highest BCUT2D eigenvalue weighted by Crippen LogP contribution is 2.32. The first-order valence-electron chi connectivity index (χ1n) is 9.77. The summed E-state index contributed by atoms with van der Waals surface area (Å²) in [5.74, 6) is 1.21. The fraction of sp³-hybridized carbons (Fsp3) is 0.125. The third-order valence-corrected chi connectivity index (χ3v) is 4.64. The number of carbonyl (C=O) groups excluding carboxylic acids is 1. The molecule has 1 N–H and O–H groups in total. The van der Waals surface area contributed by atoms with Gasteiger partial charge in [-0.3, -0.25) is 4.79 Å². The molecule has 1 atom stereocenters. The molecule has 0 saturated heterocycles. The zero-order chi connectivity index (χ0) is 21.6. The minimum Gasteiger partial charge on any atom is -0.486 e. The number of aromatic nitrogens is 2. The Labute approximate surface area is 184 Å². The van der Waals surface area contributed by atoms with Crippen molar-refractivity contribution in [2.45, 2.75) is 19.4 Å². The molecule has 3 aromatic carbocycles. The monoisotopic (exact) mass is 433 g/mol. The summed E-state index contributed by atoms with van der Waals surface area (Å²) in [6.07, 6.45) is 1.37. The molecule has 0 fully saturated rings. The van der Waals surface area contributed by atoms with Gasteiger partial charge in [-0.2, -0.15) is 0 Å². The Bertz CT molecular complexity index is 1200. The van der Waals surface area contributed by atoms with E-state index in [1.807, 2.05) is 49.4 Å². The third kappa shape index (κ3) is 5.49. The van der Waals surface area contributed by atoms with Crippen molar-refractivity contribution in [3.63, 3.8) is 0 Å². The topological polar surface area (TPSA) is 73.3 Å². The molecule has 1 unspecified atom stereocenters. The summed E-state index contributed by atoms with van der Waals surface area (Å²) < 4.78 is 11.9. The normalized spacial score (nSPS) is 11.7. The second kappa shape index (κ2) is 9.45. The molecule has 156 valence electrons. The van der Waals surface area contributed by atoms with Crippen LogP contribution in [0.4, 0.5) is 5.69 Å². The van der Waals surface area contributed by atoms with Crippen LogP contribution in [0.15, 0.2) is 79.0 Å². The number of rotatable bonds is 7. The van der Waals surface area contributed by atoms with E-state index >= 15 is 0 Å². The number of nitrogens with one attached hydrogen (secondary N) is 1. The summed E-state index contributed by atoms with van der Waals surface area (Å²) >= 11 is 5.99. The minimum atomic E-state index is -0.363. The molecule has 0 spiro atoms. The van der Waals surface area contributed by atoms with Crippen molar-refractivity contribution in [2.24, 2.45) is 0 Å². The molecule has 1 aromatic heterocycles. The Hall–Kier alpha value is -3.64. The minimum absolute atomic E-state index is 0.129. The van der Waals surface area contributed by atoms with Gasteiger partial charge in [-0.25, -0.2) is 9.97 Å². The summed E-state index contributed by atoms with van der Waals surface area (Å²) in [4.78, 5) is 21.1. The third-order valence-electron chi connectivity index (χ3n) is 4.40. The number of fused-ring (bicyclic) bond motifs is 1. The van der Waals surface area contributed by atoms with Gasteiger partial charge in [-0.15, -0.1) is 0 Å².